The van der Waals surface area contributed by atoms with Crippen LogP contribution < -0.4 is 11.1 Å². The normalized spacial score (nSPS) is 26.5. The summed E-state index contributed by atoms with van der Waals surface area (Å²) in [5, 5.41) is 14.5. The molecule has 0 spiro atoms. The highest BCUT2D eigenvalue weighted by molar-refractivity contribution is 5.20. The third-order valence-electron chi connectivity index (χ3n) is 3.06. The second-order valence-corrected chi connectivity index (χ2v) is 4.29. The molecule has 0 aromatic carbocycles. The Balaban J connectivity index is 1.77. The molecular weight excluding hydrogens is 192 g/mol. The zero-order valence-electron chi connectivity index (χ0n) is 9.06. The molecule has 0 unspecified atom stereocenters. The van der Waals surface area contributed by atoms with E-state index in [0.717, 1.165) is 25.3 Å². The zero-order chi connectivity index (χ0) is 10.7. The van der Waals surface area contributed by atoms with Crippen LogP contribution in [0.1, 0.15) is 25.7 Å². The van der Waals surface area contributed by atoms with E-state index >= 15 is 0 Å². The maximum atomic E-state index is 5.85. The van der Waals surface area contributed by atoms with E-state index in [1.54, 1.807) is 4.68 Å². The van der Waals surface area contributed by atoms with Crippen molar-refractivity contribution in [2.75, 3.05) is 11.9 Å². The second kappa shape index (κ2) is 4.57. The van der Waals surface area contributed by atoms with Crippen LogP contribution in [0.5, 0.6) is 0 Å². The average molecular weight is 210 g/mol. The van der Waals surface area contributed by atoms with Crippen molar-refractivity contribution in [3.05, 3.63) is 0 Å². The Hall–Kier alpha value is -1.17. The number of anilines is 1. The first-order valence-electron chi connectivity index (χ1n) is 5.47. The summed E-state index contributed by atoms with van der Waals surface area (Å²) in [6.07, 6.45) is 4.70. The van der Waals surface area contributed by atoms with Crippen LogP contribution in [-0.2, 0) is 7.05 Å². The molecule has 15 heavy (non-hydrogen) atoms. The van der Waals surface area contributed by atoms with E-state index < -0.39 is 0 Å². The smallest absolute Gasteiger partial charge is 0.242 e. The average Bonchev–Trinajstić information content (AvgIpc) is 2.63. The summed E-state index contributed by atoms with van der Waals surface area (Å²) >= 11 is 0. The maximum absolute atomic E-state index is 5.85. The molecule has 1 heterocycles. The van der Waals surface area contributed by atoms with Crippen molar-refractivity contribution in [2.24, 2.45) is 18.7 Å². The van der Waals surface area contributed by atoms with Gasteiger partial charge in [0.25, 0.3) is 0 Å². The number of hydrogen-bond donors (Lipinski definition) is 2. The second-order valence-electron chi connectivity index (χ2n) is 4.29. The lowest BCUT2D eigenvalue weighted by molar-refractivity contribution is 0.338. The van der Waals surface area contributed by atoms with Gasteiger partial charge in [0.2, 0.25) is 5.95 Å². The molecule has 6 heteroatoms. The van der Waals surface area contributed by atoms with Crippen LogP contribution in [0.4, 0.5) is 5.95 Å². The lowest BCUT2D eigenvalue weighted by atomic mass is 9.86. The van der Waals surface area contributed by atoms with Gasteiger partial charge in [0.1, 0.15) is 0 Å². The van der Waals surface area contributed by atoms with Gasteiger partial charge < -0.3 is 11.1 Å². The first-order chi connectivity index (χ1) is 7.25. The predicted octanol–water partition coefficient (Wildman–Crippen LogP) is 0.139. The molecule has 1 aliphatic rings. The Bertz CT molecular complexity index is 301. The van der Waals surface area contributed by atoms with Gasteiger partial charge in [-0.1, -0.05) is 5.10 Å². The van der Waals surface area contributed by atoms with Gasteiger partial charge in [-0.15, -0.1) is 0 Å². The first-order valence-corrected chi connectivity index (χ1v) is 5.47. The van der Waals surface area contributed by atoms with E-state index in [-0.39, 0.29) is 0 Å². The van der Waals surface area contributed by atoms with E-state index in [1.807, 2.05) is 7.05 Å². The van der Waals surface area contributed by atoms with Crippen LogP contribution in [0.25, 0.3) is 0 Å². The highest BCUT2D eigenvalue weighted by Crippen LogP contribution is 2.23. The molecule has 1 aliphatic carbocycles. The minimum atomic E-state index is 0.415. The van der Waals surface area contributed by atoms with Gasteiger partial charge in [0.05, 0.1) is 0 Å². The summed E-state index contributed by atoms with van der Waals surface area (Å²) in [4.78, 5) is 0. The number of hydrogen-bond acceptors (Lipinski definition) is 5. The van der Waals surface area contributed by atoms with Crippen molar-refractivity contribution in [1.29, 1.82) is 0 Å². The van der Waals surface area contributed by atoms with Gasteiger partial charge in [0, 0.05) is 19.6 Å². The summed E-state index contributed by atoms with van der Waals surface area (Å²) in [6, 6.07) is 0.415. The largest absolute Gasteiger partial charge is 0.353 e. The Labute approximate surface area is 89.2 Å². The molecule has 6 nitrogen and oxygen atoms in total. The highest BCUT2D eigenvalue weighted by Gasteiger charge is 2.18. The summed E-state index contributed by atoms with van der Waals surface area (Å²) in [6.45, 7) is 0.945. The lowest BCUT2D eigenvalue weighted by Gasteiger charge is -2.25. The Morgan fingerprint density at radius 2 is 2.13 bits per heavy atom. The molecule has 0 saturated heterocycles. The van der Waals surface area contributed by atoms with Crippen LogP contribution in [0.3, 0.4) is 0 Å². The van der Waals surface area contributed by atoms with Gasteiger partial charge >= 0.3 is 0 Å². The molecule has 0 atom stereocenters. The third-order valence-corrected chi connectivity index (χ3v) is 3.06. The van der Waals surface area contributed by atoms with Crippen LogP contribution >= 0.6 is 0 Å². The van der Waals surface area contributed by atoms with Gasteiger partial charge in [-0.2, -0.15) is 0 Å². The van der Waals surface area contributed by atoms with Gasteiger partial charge in [-0.05, 0) is 42.0 Å². The van der Waals surface area contributed by atoms with Crippen LogP contribution in [0.2, 0.25) is 0 Å². The summed E-state index contributed by atoms with van der Waals surface area (Å²) in [5.41, 5.74) is 5.85. The fourth-order valence-corrected chi connectivity index (χ4v) is 2.01. The molecule has 1 aromatic heterocycles. The summed E-state index contributed by atoms with van der Waals surface area (Å²) in [5.74, 6) is 1.45. The predicted molar refractivity (Wildman–Crippen MR) is 57.2 cm³/mol. The number of nitrogens with two attached hydrogens (primary N) is 1. The van der Waals surface area contributed by atoms with Crippen molar-refractivity contribution in [2.45, 2.75) is 31.7 Å². The molecule has 0 amide bonds. The maximum Gasteiger partial charge on any atom is 0.242 e. The standard InChI is InChI=1S/C9H18N6/c1-15-9(12-13-14-15)11-6-7-2-4-8(10)5-3-7/h7-8H,2-6,10H2,1H3,(H,11,12,14). The molecule has 2 rings (SSSR count). The van der Waals surface area contributed by atoms with E-state index in [2.05, 4.69) is 20.8 Å². The van der Waals surface area contributed by atoms with Crippen molar-refractivity contribution < 1.29 is 0 Å². The zero-order valence-corrected chi connectivity index (χ0v) is 9.06. The van der Waals surface area contributed by atoms with E-state index in [9.17, 15) is 0 Å². The quantitative estimate of drug-likeness (QED) is 0.741. The summed E-state index contributed by atoms with van der Waals surface area (Å²) < 4.78 is 1.65. The number of aromatic nitrogens is 4. The Morgan fingerprint density at radius 3 is 2.73 bits per heavy atom. The summed E-state index contributed by atoms with van der Waals surface area (Å²) in [7, 11) is 1.83. The fraction of sp³-hybridized carbons (Fsp3) is 0.889. The van der Waals surface area contributed by atoms with Crippen LogP contribution in [-0.4, -0.2) is 32.8 Å². The molecule has 3 N–H and O–H groups in total. The number of nitrogens with zero attached hydrogens (tertiary/aromatic N) is 4. The van der Waals surface area contributed by atoms with Crippen molar-refractivity contribution >= 4 is 5.95 Å². The van der Waals surface area contributed by atoms with Crippen molar-refractivity contribution in [3.63, 3.8) is 0 Å². The van der Waals surface area contributed by atoms with Gasteiger partial charge in [-0.3, -0.25) is 0 Å². The molecule has 84 valence electrons. The number of tetrazole rings is 1. The highest BCUT2D eigenvalue weighted by atomic mass is 15.6. The first kappa shape index (κ1) is 10.4. The SMILES string of the molecule is Cn1nnnc1NCC1CCC(N)CC1. The van der Waals surface area contributed by atoms with Gasteiger partial charge in [0.15, 0.2) is 0 Å². The van der Waals surface area contributed by atoms with E-state index in [0.29, 0.717) is 12.0 Å². The van der Waals surface area contributed by atoms with Crippen LogP contribution in [0, 0.1) is 5.92 Å². The molecule has 1 fully saturated rings. The molecule has 1 aromatic rings. The monoisotopic (exact) mass is 210 g/mol. The third kappa shape index (κ3) is 2.65. The molecular formula is C9H18N6. The number of rotatable bonds is 3. The number of aryl methyl sites for hydroxylation is 1. The molecule has 0 bridgehead atoms. The minimum absolute atomic E-state index is 0.415. The van der Waals surface area contributed by atoms with Crippen LogP contribution in [0.15, 0.2) is 0 Å². The Morgan fingerprint density at radius 1 is 1.40 bits per heavy atom. The molecule has 0 radical (unpaired) electrons. The lowest BCUT2D eigenvalue weighted by Crippen LogP contribution is -2.29. The molecule has 0 aliphatic heterocycles. The molecule has 1 saturated carbocycles. The van der Waals surface area contributed by atoms with Crippen molar-refractivity contribution in [1.82, 2.24) is 20.2 Å². The minimum Gasteiger partial charge on any atom is -0.353 e. The fourth-order valence-electron chi connectivity index (χ4n) is 2.01. The van der Waals surface area contributed by atoms with E-state index in [4.69, 9.17) is 5.73 Å². The topological polar surface area (TPSA) is 81.7 Å². The number of nitrogens with one attached hydrogen (secondary N) is 1. The Kier molecular flexibility index (Phi) is 3.15. The van der Waals surface area contributed by atoms with Crippen molar-refractivity contribution in [3.8, 4) is 0 Å². The van der Waals surface area contributed by atoms with Gasteiger partial charge in [-0.25, -0.2) is 4.68 Å². The van der Waals surface area contributed by atoms with E-state index in [1.165, 1.54) is 12.8 Å².